The minimum Gasteiger partial charge on any atom is -0.310 e. The van der Waals surface area contributed by atoms with Gasteiger partial charge in [0.25, 0.3) is 0 Å². The molecule has 0 fully saturated rings. The predicted octanol–water partition coefficient (Wildman–Crippen LogP) is 4.84. The molecule has 0 spiro atoms. The van der Waals surface area contributed by atoms with E-state index in [1.54, 1.807) is 60.7 Å². The topological polar surface area (TPSA) is 54.5 Å². The summed E-state index contributed by atoms with van der Waals surface area (Å²) in [5, 5.41) is -0.953. The van der Waals surface area contributed by atoms with Crippen LogP contribution in [0.15, 0.2) is 102 Å². The van der Waals surface area contributed by atoms with Gasteiger partial charge in [-0.15, -0.1) is 0 Å². The average Bonchev–Trinajstić information content (AvgIpc) is 2.83. The Morgan fingerprint density at radius 3 is 2.19 bits per heavy atom. The Morgan fingerprint density at radius 2 is 1.48 bits per heavy atom. The van der Waals surface area contributed by atoms with Crippen molar-refractivity contribution in [3.8, 4) is 0 Å². The number of para-hydroxylation sites is 2. The molecule has 3 aromatic carbocycles. The van der Waals surface area contributed by atoms with E-state index >= 15 is 0 Å². The van der Waals surface area contributed by atoms with E-state index in [1.165, 1.54) is 6.07 Å². The molecule has 1 aliphatic carbocycles. The lowest BCUT2D eigenvalue weighted by atomic mass is 9.88. The number of fused-ring (bicyclic) bond motifs is 4. The quantitative estimate of drug-likeness (QED) is 0.558. The highest BCUT2D eigenvalue weighted by Crippen LogP contribution is 2.44. The second kappa shape index (κ2) is 6.53. The van der Waals surface area contributed by atoms with Gasteiger partial charge in [-0.05, 0) is 41.5 Å². The van der Waals surface area contributed by atoms with Crippen LogP contribution in [0.4, 0.5) is 11.4 Å². The summed E-state index contributed by atoms with van der Waals surface area (Å²) in [5.74, 6) is -1.07. The van der Waals surface area contributed by atoms with Crippen molar-refractivity contribution in [2.75, 3.05) is 4.90 Å². The van der Waals surface area contributed by atoms with Crippen LogP contribution in [0.5, 0.6) is 0 Å². The second-order valence-corrected chi connectivity index (χ2v) is 9.92. The zero-order chi connectivity index (χ0) is 23.0. The SMILES string of the molecule is [2H]C1([2H])c2ccccc2N(C2=CC3C(=O)c4ccccc4S(=O)(=O)C3C=C2)c2ccccc21. The molecule has 2 atom stereocenters. The molecule has 5 heteroatoms. The van der Waals surface area contributed by atoms with Gasteiger partial charge in [0.15, 0.2) is 15.6 Å². The smallest absolute Gasteiger partial charge is 0.186 e. The highest BCUT2D eigenvalue weighted by Gasteiger charge is 2.45. The van der Waals surface area contributed by atoms with Crippen molar-refractivity contribution in [1.29, 1.82) is 0 Å². The molecule has 2 unspecified atom stereocenters. The third kappa shape index (κ3) is 2.60. The zero-order valence-corrected chi connectivity index (χ0v) is 17.2. The number of anilines is 2. The van der Waals surface area contributed by atoms with E-state index in [0.717, 1.165) is 0 Å². The first-order chi connectivity index (χ1) is 15.8. The van der Waals surface area contributed by atoms with E-state index in [9.17, 15) is 13.2 Å². The van der Waals surface area contributed by atoms with Crippen molar-refractivity contribution in [3.05, 3.63) is 113 Å². The van der Waals surface area contributed by atoms with Gasteiger partial charge in [-0.3, -0.25) is 4.79 Å². The Hall–Kier alpha value is -3.44. The first kappa shape index (κ1) is 16.3. The molecule has 4 nitrogen and oxygen atoms in total. The maximum absolute atomic E-state index is 13.3. The van der Waals surface area contributed by atoms with Crippen LogP contribution in [0.2, 0.25) is 0 Å². The lowest BCUT2D eigenvalue weighted by Gasteiger charge is -2.37. The molecule has 31 heavy (non-hydrogen) atoms. The summed E-state index contributed by atoms with van der Waals surface area (Å²) in [6.07, 6.45) is 3.36. The van der Waals surface area contributed by atoms with Crippen LogP contribution in [-0.2, 0) is 16.2 Å². The number of nitrogens with zero attached hydrogens (tertiary/aromatic N) is 1. The van der Waals surface area contributed by atoms with Crippen LogP contribution < -0.4 is 4.90 Å². The summed E-state index contributed by atoms with van der Waals surface area (Å²) in [6.45, 7) is 0. The molecule has 0 bridgehead atoms. The number of carbonyl (C=O) groups is 1. The summed E-state index contributed by atoms with van der Waals surface area (Å²) in [5.41, 5.74) is 3.25. The van der Waals surface area contributed by atoms with Crippen molar-refractivity contribution in [2.45, 2.75) is 16.5 Å². The number of Topliss-reactive ketones (excluding diaryl/α,β-unsaturated/α-hetero) is 1. The van der Waals surface area contributed by atoms with E-state index < -0.39 is 27.4 Å². The van der Waals surface area contributed by atoms with Gasteiger partial charge < -0.3 is 4.90 Å². The molecule has 3 aromatic rings. The van der Waals surface area contributed by atoms with E-state index in [0.29, 0.717) is 28.2 Å². The Kier molecular flexibility index (Phi) is 3.43. The molecule has 0 radical (unpaired) electrons. The van der Waals surface area contributed by atoms with Gasteiger partial charge in [0, 0.05) is 31.7 Å². The number of ketones is 1. The molecular weight excluding hydrogens is 406 g/mol. The van der Waals surface area contributed by atoms with E-state index in [1.807, 2.05) is 29.2 Å². The average molecular weight is 428 g/mol. The van der Waals surface area contributed by atoms with Crippen LogP contribution in [0.1, 0.15) is 24.2 Å². The summed E-state index contributed by atoms with van der Waals surface area (Å²) in [4.78, 5) is 15.3. The van der Waals surface area contributed by atoms with Gasteiger partial charge in [-0.1, -0.05) is 60.7 Å². The standard InChI is InChI=1S/C26H19NO3S/c28-26-20-9-3-6-12-24(20)31(29,30)25-14-13-19(16-21(25)26)27-22-10-4-1-7-17(22)15-18-8-2-5-11-23(18)27/h1-14,16,21,25H,15H2/i15D2. The number of rotatable bonds is 1. The Labute approximate surface area is 183 Å². The first-order valence-corrected chi connectivity index (χ1v) is 11.6. The molecule has 3 aliphatic rings. The highest BCUT2D eigenvalue weighted by molar-refractivity contribution is 7.92. The molecule has 0 saturated heterocycles. The summed E-state index contributed by atoms with van der Waals surface area (Å²) in [7, 11) is -3.70. The zero-order valence-electron chi connectivity index (χ0n) is 18.4. The number of hydrogen-bond acceptors (Lipinski definition) is 4. The van der Waals surface area contributed by atoms with Crippen molar-refractivity contribution in [2.24, 2.45) is 5.92 Å². The van der Waals surface area contributed by atoms with E-state index in [-0.39, 0.29) is 16.2 Å². The third-order valence-corrected chi connectivity index (χ3v) is 8.23. The predicted molar refractivity (Wildman–Crippen MR) is 120 cm³/mol. The van der Waals surface area contributed by atoms with Gasteiger partial charge >= 0.3 is 0 Å². The van der Waals surface area contributed by atoms with Crippen LogP contribution in [-0.4, -0.2) is 19.5 Å². The Balaban J connectivity index is 1.55. The third-order valence-electron chi connectivity index (χ3n) is 6.10. The fourth-order valence-electron chi connectivity index (χ4n) is 4.66. The lowest BCUT2D eigenvalue weighted by molar-refractivity contribution is 0.0938. The molecule has 0 saturated carbocycles. The Morgan fingerprint density at radius 1 is 0.871 bits per heavy atom. The molecule has 2 aliphatic heterocycles. The number of carbonyl (C=O) groups excluding carboxylic acids is 1. The number of allylic oxidation sites excluding steroid dienone is 2. The van der Waals surface area contributed by atoms with E-state index in [2.05, 4.69) is 0 Å². The second-order valence-electron chi connectivity index (χ2n) is 7.84. The molecule has 0 aromatic heterocycles. The van der Waals surface area contributed by atoms with Crippen LogP contribution in [0.25, 0.3) is 0 Å². The first-order valence-electron chi connectivity index (χ1n) is 11.1. The van der Waals surface area contributed by atoms with Crippen molar-refractivity contribution in [3.63, 3.8) is 0 Å². The number of benzene rings is 3. The maximum atomic E-state index is 13.3. The summed E-state index contributed by atoms with van der Waals surface area (Å²) in [6, 6.07) is 20.9. The van der Waals surface area contributed by atoms with Crippen molar-refractivity contribution in [1.82, 2.24) is 0 Å². The Bertz CT molecular complexity index is 1460. The number of hydrogen-bond donors (Lipinski definition) is 0. The normalized spacial score (nSPS) is 25.2. The lowest BCUT2D eigenvalue weighted by Crippen LogP contribution is -2.40. The fourth-order valence-corrected chi connectivity index (χ4v) is 6.57. The van der Waals surface area contributed by atoms with Crippen LogP contribution in [0.3, 0.4) is 0 Å². The molecule has 0 amide bonds. The fraction of sp³-hybridized carbons (Fsp3) is 0.115. The van der Waals surface area contributed by atoms with Crippen molar-refractivity contribution >= 4 is 27.0 Å². The van der Waals surface area contributed by atoms with Gasteiger partial charge in [-0.25, -0.2) is 8.42 Å². The molecular formula is C26H19NO3S. The van der Waals surface area contributed by atoms with Crippen LogP contribution >= 0.6 is 0 Å². The molecule has 2 heterocycles. The summed E-state index contributed by atoms with van der Waals surface area (Å²) < 4.78 is 44.1. The van der Waals surface area contributed by atoms with Crippen molar-refractivity contribution < 1.29 is 16.0 Å². The molecule has 0 N–H and O–H groups in total. The minimum absolute atomic E-state index is 0.0830. The minimum atomic E-state index is -3.70. The van der Waals surface area contributed by atoms with E-state index in [4.69, 9.17) is 2.74 Å². The van der Waals surface area contributed by atoms with Crippen LogP contribution in [0, 0.1) is 5.92 Å². The largest absolute Gasteiger partial charge is 0.310 e. The van der Waals surface area contributed by atoms with Gasteiger partial charge in [0.05, 0.1) is 16.1 Å². The van der Waals surface area contributed by atoms with Gasteiger partial charge in [-0.2, -0.15) is 0 Å². The van der Waals surface area contributed by atoms with Gasteiger partial charge in [0.1, 0.15) is 0 Å². The molecule has 6 rings (SSSR count). The van der Waals surface area contributed by atoms with Gasteiger partial charge in [0.2, 0.25) is 0 Å². The monoisotopic (exact) mass is 427 g/mol. The highest BCUT2D eigenvalue weighted by atomic mass is 32.2. The summed E-state index contributed by atoms with van der Waals surface area (Å²) >= 11 is 0. The maximum Gasteiger partial charge on any atom is 0.186 e. The number of sulfone groups is 1. The molecule has 152 valence electrons.